The van der Waals surface area contributed by atoms with Gasteiger partial charge in [-0.2, -0.15) is 5.48 Å². The second kappa shape index (κ2) is 12.7. The molecule has 0 aliphatic heterocycles. The van der Waals surface area contributed by atoms with Crippen LogP contribution >= 0.6 is 11.6 Å². The van der Waals surface area contributed by atoms with Gasteiger partial charge in [-0.15, -0.1) is 0 Å². The maximum Gasteiger partial charge on any atom is 0.329 e. The number of hydrogen-bond acceptors (Lipinski definition) is 8. The molecule has 1 aromatic heterocycles. The van der Waals surface area contributed by atoms with Gasteiger partial charge in [0.15, 0.2) is 11.5 Å². The summed E-state index contributed by atoms with van der Waals surface area (Å²) in [5, 5.41) is 3.84. The monoisotopic (exact) mass is 504 g/mol. The molecule has 9 nitrogen and oxygen atoms in total. The summed E-state index contributed by atoms with van der Waals surface area (Å²) >= 11 is 5.88. The van der Waals surface area contributed by atoms with Crippen LogP contribution in [0.15, 0.2) is 36.7 Å². The Kier molecular flexibility index (Phi) is 9.42. The fraction of sp³-hybridized carbons (Fsp3) is 0.333. The predicted octanol–water partition coefficient (Wildman–Crippen LogP) is 5.10. The molecule has 0 bridgehead atoms. The van der Waals surface area contributed by atoms with Gasteiger partial charge >= 0.3 is 5.97 Å². The minimum absolute atomic E-state index is 0.00377. The average molecular weight is 505 g/mol. The number of hydrogen-bond donors (Lipinski definition) is 2. The number of anilines is 2. The van der Waals surface area contributed by atoms with Gasteiger partial charge < -0.3 is 19.6 Å². The molecule has 0 saturated heterocycles. The lowest BCUT2D eigenvalue weighted by molar-refractivity contribution is -0.156. The first kappa shape index (κ1) is 26.0. The number of benzene rings is 2. The van der Waals surface area contributed by atoms with Crippen molar-refractivity contribution in [1.82, 2.24) is 15.4 Å². The maximum atomic E-state index is 13.5. The third-order valence-electron chi connectivity index (χ3n) is 4.97. The Bertz CT molecular complexity index is 1190. The van der Waals surface area contributed by atoms with E-state index < -0.39 is 11.8 Å². The molecule has 1 heterocycles. The molecule has 0 fully saturated rings. The Morgan fingerprint density at radius 3 is 2.60 bits per heavy atom. The fourth-order valence-corrected chi connectivity index (χ4v) is 3.43. The Morgan fingerprint density at radius 1 is 1.06 bits per heavy atom. The molecule has 0 aliphatic carbocycles. The number of fused-ring (bicyclic) bond motifs is 1. The number of aromatic nitrogens is 2. The van der Waals surface area contributed by atoms with Crippen LogP contribution in [0.5, 0.6) is 11.5 Å². The molecule has 0 saturated carbocycles. The predicted molar refractivity (Wildman–Crippen MR) is 129 cm³/mol. The van der Waals surface area contributed by atoms with Gasteiger partial charge in [0.2, 0.25) is 0 Å². The highest BCUT2D eigenvalue weighted by molar-refractivity contribution is 6.31. The molecule has 0 spiro atoms. The number of ether oxygens (including phenoxy) is 2. The van der Waals surface area contributed by atoms with Crippen LogP contribution in [0.2, 0.25) is 5.02 Å². The molecule has 0 unspecified atom stereocenters. The lowest BCUT2D eigenvalue weighted by atomic mass is 10.1. The molecule has 1 amide bonds. The van der Waals surface area contributed by atoms with Crippen molar-refractivity contribution >= 4 is 45.9 Å². The van der Waals surface area contributed by atoms with Gasteiger partial charge in [0.1, 0.15) is 18.0 Å². The van der Waals surface area contributed by atoms with Gasteiger partial charge in [0.25, 0.3) is 5.91 Å². The number of methoxy groups -OCH3 is 1. The highest BCUT2D eigenvalue weighted by Crippen LogP contribution is 2.35. The van der Waals surface area contributed by atoms with Crippen LogP contribution < -0.4 is 20.3 Å². The second-order valence-corrected chi connectivity index (χ2v) is 8.04. The number of carbonyl (C=O) groups is 2. The molecular formula is C24H26ClFN4O5. The fourth-order valence-electron chi connectivity index (χ4n) is 3.25. The molecule has 2 N–H and O–H groups in total. The summed E-state index contributed by atoms with van der Waals surface area (Å²) in [7, 11) is 1.55. The van der Waals surface area contributed by atoms with Crippen molar-refractivity contribution in [2.24, 2.45) is 0 Å². The van der Waals surface area contributed by atoms with Crippen LogP contribution in [-0.4, -0.2) is 35.6 Å². The van der Waals surface area contributed by atoms with E-state index in [1.165, 1.54) is 25.4 Å². The highest BCUT2D eigenvalue weighted by atomic mass is 35.5. The number of rotatable bonds is 11. The molecule has 186 valence electrons. The summed E-state index contributed by atoms with van der Waals surface area (Å²) in [5.41, 5.74) is 3.32. The molecule has 11 heteroatoms. The number of nitrogens with zero attached hydrogens (tertiary/aromatic N) is 2. The summed E-state index contributed by atoms with van der Waals surface area (Å²) < 4.78 is 24.9. The van der Waals surface area contributed by atoms with Gasteiger partial charge in [-0.25, -0.2) is 14.4 Å². The first-order valence-corrected chi connectivity index (χ1v) is 11.4. The van der Waals surface area contributed by atoms with E-state index in [4.69, 9.17) is 21.1 Å². The van der Waals surface area contributed by atoms with Gasteiger partial charge in [0.05, 0.1) is 24.3 Å². The van der Waals surface area contributed by atoms with Crippen molar-refractivity contribution in [3.8, 4) is 11.5 Å². The van der Waals surface area contributed by atoms with Crippen LogP contribution in [0.25, 0.3) is 10.9 Å². The summed E-state index contributed by atoms with van der Waals surface area (Å²) in [5.74, 6) is 0.193. The normalized spacial score (nSPS) is 10.6. The van der Waals surface area contributed by atoms with Crippen LogP contribution in [0.3, 0.4) is 0 Å². The molecule has 2 aromatic carbocycles. The highest BCUT2D eigenvalue weighted by Gasteiger charge is 2.13. The summed E-state index contributed by atoms with van der Waals surface area (Å²) in [6.07, 6.45) is 4.83. The molecular weight excluding hydrogens is 479 g/mol. The second-order valence-electron chi connectivity index (χ2n) is 7.63. The number of hydroxylamine groups is 1. The van der Waals surface area contributed by atoms with E-state index in [0.29, 0.717) is 46.9 Å². The minimum atomic E-state index is -0.561. The van der Waals surface area contributed by atoms with E-state index in [-0.39, 0.29) is 17.4 Å². The quantitative estimate of drug-likeness (QED) is 0.274. The van der Waals surface area contributed by atoms with Crippen molar-refractivity contribution in [3.05, 3.63) is 47.5 Å². The number of nitrogens with one attached hydrogen (secondary N) is 2. The lowest BCUT2D eigenvalue weighted by Crippen LogP contribution is -2.25. The van der Waals surface area contributed by atoms with E-state index in [2.05, 4.69) is 25.6 Å². The van der Waals surface area contributed by atoms with E-state index in [1.54, 1.807) is 25.3 Å². The molecule has 0 aliphatic rings. The zero-order chi connectivity index (χ0) is 25.2. The van der Waals surface area contributed by atoms with Crippen molar-refractivity contribution in [3.63, 3.8) is 0 Å². The van der Waals surface area contributed by atoms with E-state index >= 15 is 0 Å². The van der Waals surface area contributed by atoms with Gasteiger partial charge in [0, 0.05) is 30.5 Å². The lowest BCUT2D eigenvalue weighted by Gasteiger charge is -2.14. The van der Waals surface area contributed by atoms with E-state index in [9.17, 15) is 14.0 Å². The van der Waals surface area contributed by atoms with Crippen molar-refractivity contribution < 1.29 is 28.3 Å². The zero-order valence-electron chi connectivity index (χ0n) is 19.4. The zero-order valence-corrected chi connectivity index (χ0v) is 20.2. The topological polar surface area (TPSA) is 112 Å². The number of carbonyl (C=O) groups excluding carboxylic acids is 2. The number of amides is 1. The maximum absolute atomic E-state index is 13.5. The van der Waals surface area contributed by atoms with Crippen LogP contribution in [-0.2, 0) is 14.4 Å². The van der Waals surface area contributed by atoms with Crippen molar-refractivity contribution in [2.45, 2.75) is 39.0 Å². The van der Waals surface area contributed by atoms with E-state index in [1.807, 2.05) is 0 Å². The Labute approximate surface area is 206 Å². The summed E-state index contributed by atoms with van der Waals surface area (Å²) in [4.78, 5) is 35.2. The van der Waals surface area contributed by atoms with Crippen LogP contribution in [0.1, 0.15) is 39.0 Å². The van der Waals surface area contributed by atoms with Crippen LogP contribution in [0, 0.1) is 5.82 Å². The van der Waals surface area contributed by atoms with Gasteiger partial charge in [-0.1, -0.05) is 24.4 Å². The third-order valence-corrected chi connectivity index (χ3v) is 5.26. The number of unbranched alkanes of at least 4 members (excludes halogenated alkanes) is 3. The smallest absolute Gasteiger partial charge is 0.329 e. The molecule has 35 heavy (non-hydrogen) atoms. The number of halogens is 2. The largest absolute Gasteiger partial charge is 0.493 e. The first-order valence-electron chi connectivity index (χ1n) is 11.0. The molecule has 0 atom stereocenters. The SMILES string of the molecule is COc1cc2ncnc(Nc3ccc(F)c(Cl)c3)c2cc1OCCCCCCC(=O)NOC(C)=O. The molecule has 3 rings (SSSR count). The Balaban J connectivity index is 1.58. The van der Waals surface area contributed by atoms with Crippen molar-refractivity contribution in [2.75, 3.05) is 19.0 Å². The van der Waals surface area contributed by atoms with Gasteiger partial charge in [-0.3, -0.25) is 9.59 Å². The summed E-state index contributed by atoms with van der Waals surface area (Å²) in [6, 6.07) is 7.87. The third kappa shape index (κ3) is 7.68. The standard InChI is InChI=1S/C24H26ClFN4O5/c1-15(31)35-30-23(32)7-5-3-4-6-10-34-22-12-17-20(13-21(22)33-2)27-14-28-24(17)29-16-8-9-19(26)18(25)11-16/h8-9,11-14H,3-7,10H2,1-2H3,(H,30,32)(H,27,28,29). The summed E-state index contributed by atoms with van der Waals surface area (Å²) in [6.45, 7) is 1.67. The molecule has 0 radical (unpaired) electrons. The Hall–Kier alpha value is -3.66. The van der Waals surface area contributed by atoms with Crippen molar-refractivity contribution in [1.29, 1.82) is 0 Å². The van der Waals surface area contributed by atoms with Gasteiger partial charge in [-0.05, 0) is 37.1 Å². The first-order chi connectivity index (χ1) is 16.9. The molecule has 3 aromatic rings. The minimum Gasteiger partial charge on any atom is -0.493 e. The van der Waals surface area contributed by atoms with E-state index in [0.717, 1.165) is 19.3 Å². The van der Waals surface area contributed by atoms with Crippen LogP contribution in [0.4, 0.5) is 15.9 Å². The average Bonchev–Trinajstić information content (AvgIpc) is 2.84. The Morgan fingerprint density at radius 2 is 1.86 bits per heavy atom.